The highest BCUT2D eigenvalue weighted by molar-refractivity contribution is 5.77. The Balaban J connectivity index is 1.42. The van der Waals surface area contributed by atoms with Crippen LogP contribution in [-0.4, -0.2) is 51.8 Å². The highest BCUT2D eigenvalue weighted by Gasteiger charge is 2.38. The van der Waals surface area contributed by atoms with Gasteiger partial charge < -0.3 is 20.1 Å². The number of carbonyl (C=O) groups excluding carboxylic acids is 1. The van der Waals surface area contributed by atoms with E-state index in [1.165, 1.54) is 25.3 Å². The molecule has 2 atom stereocenters. The van der Waals surface area contributed by atoms with Crippen molar-refractivity contribution in [3.63, 3.8) is 0 Å². The molecule has 0 bridgehead atoms. The topological polar surface area (TPSA) is 100 Å². The molecule has 0 aliphatic carbocycles. The Morgan fingerprint density at radius 1 is 1.31 bits per heavy atom. The average Bonchev–Trinajstić information content (AvgIpc) is 3.22. The second-order valence-electron chi connectivity index (χ2n) is 7.84. The van der Waals surface area contributed by atoms with Gasteiger partial charge in [-0.25, -0.2) is 13.8 Å². The Labute approximate surface area is 181 Å². The van der Waals surface area contributed by atoms with E-state index in [9.17, 15) is 18.7 Å². The molecule has 1 saturated heterocycles. The lowest BCUT2D eigenvalue weighted by Crippen LogP contribution is -2.40. The van der Waals surface area contributed by atoms with Crippen molar-refractivity contribution in [2.24, 2.45) is 0 Å². The summed E-state index contributed by atoms with van der Waals surface area (Å²) in [5, 5.41) is 21.6. The van der Waals surface area contributed by atoms with E-state index in [-0.39, 0.29) is 34.7 Å². The van der Waals surface area contributed by atoms with Crippen molar-refractivity contribution in [2.45, 2.75) is 25.5 Å². The number of halogens is 2. The number of rotatable bonds is 4. The summed E-state index contributed by atoms with van der Waals surface area (Å²) in [6.45, 7) is 2.56. The molecule has 2 N–H and O–H groups in total. The van der Waals surface area contributed by atoms with Gasteiger partial charge in [0, 0.05) is 35.9 Å². The maximum absolute atomic E-state index is 14.6. The van der Waals surface area contributed by atoms with Gasteiger partial charge in [-0.05, 0) is 25.1 Å². The lowest BCUT2D eigenvalue weighted by molar-refractivity contribution is 0.112. The predicted octanol–water partition coefficient (Wildman–Crippen LogP) is 3.10. The number of para-hydroxylation sites is 1. The van der Waals surface area contributed by atoms with Crippen molar-refractivity contribution in [3.8, 4) is 22.9 Å². The van der Waals surface area contributed by atoms with Crippen LogP contribution in [0.2, 0.25) is 0 Å². The number of anilines is 2. The minimum atomic E-state index is -0.738. The minimum absolute atomic E-state index is 0.0593. The van der Waals surface area contributed by atoms with Crippen LogP contribution >= 0.6 is 0 Å². The summed E-state index contributed by atoms with van der Waals surface area (Å²) in [5.74, 6) is -1.44. The zero-order valence-corrected chi connectivity index (χ0v) is 17.0. The lowest BCUT2D eigenvalue weighted by atomic mass is 10.1. The number of hydrogen-bond acceptors (Lipinski definition) is 8. The van der Waals surface area contributed by atoms with Crippen LogP contribution in [0.5, 0.6) is 11.6 Å². The van der Waals surface area contributed by atoms with Gasteiger partial charge in [0.15, 0.2) is 29.5 Å². The van der Waals surface area contributed by atoms with Gasteiger partial charge in [-0.15, -0.1) is 10.2 Å². The third-order valence-corrected chi connectivity index (χ3v) is 5.90. The Hall–Kier alpha value is -3.82. The second-order valence-corrected chi connectivity index (χ2v) is 7.84. The van der Waals surface area contributed by atoms with Crippen LogP contribution in [0.15, 0.2) is 30.5 Å². The van der Waals surface area contributed by atoms with E-state index < -0.39 is 17.4 Å². The summed E-state index contributed by atoms with van der Waals surface area (Å²) in [6.07, 6.45) is 2.14. The fourth-order valence-corrected chi connectivity index (χ4v) is 4.17. The van der Waals surface area contributed by atoms with Gasteiger partial charge in [0.05, 0.1) is 24.0 Å². The van der Waals surface area contributed by atoms with Crippen molar-refractivity contribution in [3.05, 3.63) is 53.2 Å². The van der Waals surface area contributed by atoms with Gasteiger partial charge in [0.2, 0.25) is 0 Å². The van der Waals surface area contributed by atoms with E-state index in [4.69, 9.17) is 4.74 Å². The molecule has 8 nitrogen and oxygen atoms in total. The highest BCUT2D eigenvalue weighted by Crippen LogP contribution is 2.39. The number of pyridine rings is 1. The second kappa shape index (κ2) is 7.70. The fraction of sp³-hybridized carbons (Fsp3) is 0.273. The third kappa shape index (κ3) is 3.28. The molecule has 0 amide bonds. The molecule has 5 rings (SSSR count). The molecule has 2 aromatic heterocycles. The first-order valence-electron chi connectivity index (χ1n) is 10.1. The number of fused-ring (bicyclic) bond motifs is 3. The van der Waals surface area contributed by atoms with Crippen LogP contribution < -0.4 is 15.0 Å². The standard InChI is InChI=1S/C22H19F2N5O3/c1-11-12(10-30)7-26-22(19(11)24)32-14-5-13-8-25-21-18(29(13)9-14)6-17(27-28-21)15-3-2-4-16(23)20(15)31/h2-4,6-7,10,13-14,31H,5,8-9H2,1H3,(H,25,28)/t13?,14-/m1/s1. The molecule has 1 aromatic carbocycles. The van der Waals surface area contributed by atoms with Crippen molar-refractivity contribution < 1.29 is 23.4 Å². The monoisotopic (exact) mass is 439 g/mol. The molecule has 0 saturated carbocycles. The normalized spacial score (nSPS) is 19.2. The number of aromatic hydroxyl groups is 1. The van der Waals surface area contributed by atoms with Crippen molar-refractivity contribution >= 4 is 17.8 Å². The average molecular weight is 439 g/mol. The van der Waals surface area contributed by atoms with E-state index >= 15 is 0 Å². The molecule has 0 spiro atoms. The predicted molar refractivity (Wildman–Crippen MR) is 112 cm³/mol. The van der Waals surface area contributed by atoms with Crippen LogP contribution in [-0.2, 0) is 0 Å². The van der Waals surface area contributed by atoms with Crippen LogP contribution in [0.25, 0.3) is 11.3 Å². The first-order valence-corrected chi connectivity index (χ1v) is 10.1. The number of benzene rings is 1. The van der Waals surface area contributed by atoms with Gasteiger partial charge >= 0.3 is 0 Å². The van der Waals surface area contributed by atoms with Crippen LogP contribution in [0.4, 0.5) is 20.3 Å². The van der Waals surface area contributed by atoms with E-state index in [1.54, 1.807) is 12.1 Å². The largest absolute Gasteiger partial charge is 0.504 e. The Morgan fingerprint density at radius 2 is 2.16 bits per heavy atom. The quantitative estimate of drug-likeness (QED) is 0.599. The SMILES string of the molecule is Cc1c(C=O)cnc(O[C@@H]2CC3CNc4nnc(-c5cccc(F)c5O)cc4N3C2)c1F. The molecule has 164 valence electrons. The number of ether oxygens (including phenoxy) is 1. The number of nitrogens with one attached hydrogen (secondary N) is 1. The molecule has 0 radical (unpaired) electrons. The molecular formula is C22H19F2N5O3. The highest BCUT2D eigenvalue weighted by atomic mass is 19.1. The first kappa shape index (κ1) is 20.1. The van der Waals surface area contributed by atoms with Crippen molar-refractivity contribution in [1.82, 2.24) is 15.2 Å². The maximum Gasteiger partial charge on any atom is 0.251 e. The molecule has 2 aliphatic heterocycles. The number of aldehydes is 1. The van der Waals surface area contributed by atoms with Gasteiger partial charge in [-0.1, -0.05) is 6.07 Å². The molecular weight excluding hydrogens is 420 g/mol. The number of carbonyl (C=O) groups is 1. The smallest absolute Gasteiger partial charge is 0.251 e. The third-order valence-electron chi connectivity index (χ3n) is 5.90. The molecule has 10 heteroatoms. The van der Waals surface area contributed by atoms with Crippen molar-refractivity contribution in [1.29, 1.82) is 0 Å². The first-order chi connectivity index (χ1) is 15.5. The lowest BCUT2D eigenvalue weighted by Gasteiger charge is -2.33. The number of phenolic OH excluding ortho intramolecular Hbond substituents is 1. The number of nitrogens with zero attached hydrogens (tertiary/aromatic N) is 4. The van der Waals surface area contributed by atoms with Gasteiger partial charge in [-0.2, -0.15) is 0 Å². The van der Waals surface area contributed by atoms with E-state index in [0.717, 1.165) is 5.69 Å². The summed E-state index contributed by atoms with van der Waals surface area (Å²) < 4.78 is 34.2. The number of phenols is 1. The Kier molecular flexibility index (Phi) is 4.84. The zero-order chi connectivity index (χ0) is 22.4. The molecule has 1 fully saturated rings. The summed E-state index contributed by atoms with van der Waals surface area (Å²) in [4.78, 5) is 17.0. The molecule has 32 heavy (non-hydrogen) atoms. The Bertz CT molecular complexity index is 1220. The minimum Gasteiger partial charge on any atom is -0.504 e. The van der Waals surface area contributed by atoms with E-state index in [0.29, 0.717) is 37.3 Å². The van der Waals surface area contributed by atoms with E-state index in [2.05, 4.69) is 25.4 Å². The van der Waals surface area contributed by atoms with Crippen molar-refractivity contribution in [2.75, 3.05) is 23.3 Å². The molecule has 3 aromatic rings. The summed E-state index contributed by atoms with van der Waals surface area (Å²) in [7, 11) is 0. The van der Waals surface area contributed by atoms with Crippen LogP contribution in [0.3, 0.4) is 0 Å². The van der Waals surface area contributed by atoms with Gasteiger partial charge in [0.1, 0.15) is 6.10 Å². The Morgan fingerprint density at radius 3 is 2.97 bits per heavy atom. The molecule has 1 unspecified atom stereocenters. The zero-order valence-electron chi connectivity index (χ0n) is 17.0. The number of hydrogen-bond donors (Lipinski definition) is 2. The fourth-order valence-electron chi connectivity index (χ4n) is 4.17. The summed E-state index contributed by atoms with van der Waals surface area (Å²) in [5.41, 5.74) is 1.69. The summed E-state index contributed by atoms with van der Waals surface area (Å²) >= 11 is 0. The van der Waals surface area contributed by atoms with Crippen LogP contribution in [0, 0.1) is 18.6 Å². The number of aromatic nitrogens is 3. The van der Waals surface area contributed by atoms with E-state index in [1.807, 2.05) is 0 Å². The summed E-state index contributed by atoms with van der Waals surface area (Å²) in [6, 6.07) is 6.02. The van der Waals surface area contributed by atoms with Crippen LogP contribution in [0.1, 0.15) is 22.3 Å². The van der Waals surface area contributed by atoms with Gasteiger partial charge in [0.25, 0.3) is 5.88 Å². The maximum atomic E-state index is 14.6. The van der Waals surface area contributed by atoms with Gasteiger partial charge in [-0.3, -0.25) is 4.79 Å². The molecule has 4 heterocycles. The molecule has 2 aliphatic rings.